The molecule has 6 heteroatoms. The van der Waals surface area contributed by atoms with Gasteiger partial charge in [-0.05, 0) is 54.8 Å². The van der Waals surface area contributed by atoms with Crippen molar-refractivity contribution in [3.05, 3.63) is 53.4 Å². The van der Waals surface area contributed by atoms with E-state index in [1.54, 1.807) is 11.3 Å². The van der Waals surface area contributed by atoms with Gasteiger partial charge in [-0.2, -0.15) is 0 Å². The SMILES string of the molecule is O=C1Cc2cc(-c3csc(-c4ccc(NC(=O)C5CC5)cc4)n3)ccc2N1. The van der Waals surface area contributed by atoms with E-state index >= 15 is 0 Å². The third kappa shape index (κ3) is 3.24. The largest absolute Gasteiger partial charge is 0.326 e. The Kier molecular flexibility index (Phi) is 3.79. The Labute approximate surface area is 160 Å². The van der Waals surface area contributed by atoms with Gasteiger partial charge in [0, 0.05) is 33.8 Å². The number of amides is 2. The summed E-state index contributed by atoms with van der Waals surface area (Å²) < 4.78 is 0. The van der Waals surface area contributed by atoms with Crippen LogP contribution in [0.2, 0.25) is 0 Å². The number of hydrogen-bond acceptors (Lipinski definition) is 4. The van der Waals surface area contributed by atoms with Crippen molar-refractivity contribution in [1.29, 1.82) is 0 Å². The first-order chi connectivity index (χ1) is 13.2. The Bertz CT molecular complexity index is 1050. The molecule has 0 atom stereocenters. The third-order valence-electron chi connectivity index (χ3n) is 4.88. The number of carbonyl (C=O) groups is 2. The van der Waals surface area contributed by atoms with Gasteiger partial charge in [-0.15, -0.1) is 11.3 Å². The molecule has 1 fully saturated rings. The monoisotopic (exact) mass is 375 g/mol. The number of rotatable bonds is 4. The van der Waals surface area contributed by atoms with E-state index in [2.05, 4.69) is 10.6 Å². The lowest BCUT2D eigenvalue weighted by Crippen LogP contribution is -2.12. The van der Waals surface area contributed by atoms with Gasteiger partial charge < -0.3 is 10.6 Å². The van der Waals surface area contributed by atoms with Crippen LogP contribution in [0.1, 0.15) is 18.4 Å². The van der Waals surface area contributed by atoms with Crippen LogP contribution < -0.4 is 10.6 Å². The summed E-state index contributed by atoms with van der Waals surface area (Å²) in [6.07, 6.45) is 2.42. The molecule has 0 unspecified atom stereocenters. The molecule has 0 bridgehead atoms. The van der Waals surface area contributed by atoms with Gasteiger partial charge in [0.1, 0.15) is 5.01 Å². The summed E-state index contributed by atoms with van der Waals surface area (Å²) in [5.74, 6) is 0.350. The predicted molar refractivity (Wildman–Crippen MR) is 107 cm³/mol. The normalized spacial score (nSPS) is 15.3. The fraction of sp³-hybridized carbons (Fsp3) is 0.190. The summed E-state index contributed by atoms with van der Waals surface area (Å²) in [6, 6.07) is 13.8. The maximum Gasteiger partial charge on any atom is 0.228 e. The van der Waals surface area contributed by atoms with Crippen molar-refractivity contribution >= 4 is 34.5 Å². The van der Waals surface area contributed by atoms with Crippen LogP contribution in [0.25, 0.3) is 21.8 Å². The second-order valence-corrected chi connectivity index (χ2v) is 7.83. The Morgan fingerprint density at radius 1 is 1.11 bits per heavy atom. The predicted octanol–water partition coefficient (Wildman–Crippen LogP) is 4.32. The first-order valence-corrected chi connectivity index (χ1v) is 9.84. The lowest BCUT2D eigenvalue weighted by atomic mass is 10.1. The summed E-state index contributed by atoms with van der Waals surface area (Å²) >= 11 is 1.58. The quantitative estimate of drug-likeness (QED) is 0.713. The van der Waals surface area contributed by atoms with Crippen LogP contribution in [0.15, 0.2) is 47.8 Å². The van der Waals surface area contributed by atoms with Gasteiger partial charge in [-0.25, -0.2) is 4.98 Å². The highest BCUT2D eigenvalue weighted by atomic mass is 32.1. The molecule has 5 rings (SSSR count). The molecule has 0 spiro atoms. The van der Waals surface area contributed by atoms with Crippen molar-refractivity contribution in [1.82, 2.24) is 4.98 Å². The lowest BCUT2D eigenvalue weighted by molar-refractivity contribution is -0.117. The average molecular weight is 375 g/mol. The molecule has 1 aromatic heterocycles. The van der Waals surface area contributed by atoms with Crippen LogP contribution in [-0.4, -0.2) is 16.8 Å². The summed E-state index contributed by atoms with van der Waals surface area (Å²) in [4.78, 5) is 28.1. The second kappa shape index (κ2) is 6.32. The number of anilines is 2. The van der Waals surface area contributed by atoms with E-state index in [9.17, 15) is 9.59 Å². The molecule has 1 aliphatic carbocycles. The summed E-state index contributed by atoms with van der Waals surface area (Å²) in [5.41, 5.74) is 5.67. The molecular weight excluding hydrogens is 358 g/mol. The minimum Gasteiger partial charge on any atom is -0.326 e. The number of fused-ring (bicyclic) bond motifs is 1. The van der Waals surface area contributed by atoms with E-state index in [-0.39, 0.29) is 17.7 Å². The molecular formula is C21H17N3O2S. The van der Waals surface area contributed by atoms with Crippen molar-refractivity contribution in [3.8, 4) is 21.8 Å². The molecule has 2 N–H and O–H groups in total. The molecule has 2 amide bonds. The van der Waals surface area contributed by atoms with Crippen LogP contribution in [0.5, 0.6) is 0 Å². The van der Waals surface area contributed by atoms with Crippen molar-refractivity contribution < 1.29 is 9.59 Å². The molecule has 3 aromatic rings. The number of thiazole rings is 1. The average Bonchev–Trinajstić information content (AvgIpc) is 3.29. The first kappa shape index (κ1) is 16.2. The zero-order valence-corrected chi connectivity index (χ0v) is 15.3. The standard InChI is InChI=1S/C21H17N3O2S/c25-19-10-15-9-14(5-8-17(15)23-19)18-11-27-21(24-18)13-3-6-16(7-4-13)22-20(26)12-1-2-12/h3-9,11-12H,1-2,10H2,(H,22,26)(H,23,25). The van der Waals surface area contributed by atoms with E-state index in [1.807, 2.05) is 47.8 Å². The van der Waals surface area contributed by atoms with E-state index in [4.69, 9.17) is 4.98 Å². The Hall–Kier alpha value is -2.99. The van der Waals surface area contributed by atoms with Crippen LogP contribution in [0, 0.1) is 5.92 Å². The number of nitrogens with zero attached hydrogens (tertiary/aromatic N) is 1. The van der Waals surface area contributed by atoms with Crippen molar-refractivity contribution in [2.45, 2.75) is 19.3 Å². The van der Waals surface area contributed by atoms with Gasteiger partial charge in [0.15, 0.2) is 0 Å². The van der Waals surface area contributed by atoms with Crippen LogP contribution >= 0.6 is 11.3 Å². The maximum absolute atomic E-state index is 11.8. The van der Waals surface area contributed by atoms with E-state index in [0.717, 1.165) is 51.6 Å². The molecule has 2 heterocycles. The molecule has 0 saturated heterocycles. The molecule has 134 valence electrons. The van der Waals surface area contributed by atoms with Crippen molar-refractivity contribution in [2.75, 3.05) is 10.6 Å². The first-order valence-electron chi connectivity index (χ1n) is 8.96. The van der Waals surface area contributed by atoms with E-state index in [0.29, 0.717) is 6.42 Å². The topological polar surface area (TPSA) is 71.1 Å². The number of carbonyl (C=O) groups excluding carboxylic acids is 2. The maximum atomic E-state index is 11.8. The molecule has 1 aliphatic heterocycles. The Morgan fingerprint density at radius 2 is 1.89 bits per heavy atom. The second-order valence-electron chi connectivity index (χ2n) is 6.98. The molecule has 1 saturated carbocycles. The van der Waals surface area contributed by atoms with Crippen LogP contribution in [-0.2, 0) is 16.0 Å². The fourth-order valence-electron chi connectivity index (χ4n) is 3.21. The van der Waals surface area contributed by atoms with Crippen LogP contribution in [0.4, 0.5) is 11.4 Å². The summed E-state index contributed by atoms with van der Waals surface area (Å²) in [7, 11) is 0. The van der Waals surface area contributed by atoms with Gasteiger partial charge in [0.25, 0.3) is 0 Å². The Morgan fingerprint density at radius 3 is 2.67 bits per heavy atom. The minimum atomic E-state index is 0.0370. The van der Waals surface area contributed by atoms with E-state index in [1.165, 1.54) is 0 Å². The van der Waals surface area contributed by atoms with Crippen LogP contribution in [0.3, 0.4) is 0 Å². The van der Waals surface area contributed by atoms with Gasteiger partial charge in [0.05, 0.1) is 12.1 Å². The summed E-state index contributed by atoms with van der Waals surface area (Å²) in [5, 5.41) is 8.76. The smallest absolute Gasteiger partial charge is 0.228 e. The van der Waals surface area contributed by atoms with Gasteiger partial charge in [0.2, 0.25) is 11.8 Å². The highest BCUT2D eigenvalue weighted by molar-refractivity contribution is 7.13. The van der Waals surface area contributed by atoms with Gasteiger partial charge in [-0.1, -0.05) is 6.07 Å². The highest BCUT2D eigenvalue weighted by Crippen LogP contribution is 2.33. The summed E-state index contributed by atoms with van der Waals surface area (Å²) in [6.45, 7) is 0. The zero-order valence-electron chi connectivity index (χ0n) is 14.5. The fourth-order valence-corrected chi connectivity index (χ4v) is 4.05. The Balaban J connectivity index is 1.35. The molecule has 27 heavy (non-hydrogen) atoms. The molecule has 5 nitrogen and oxygen atoms in total. The molecule has 2 aliphatic rings. The number of aromatic nitrogens is 1. The number of benzene rings is 2. The van der Waals surface area contributed by atoms with Gasteiger partial charge in [-0.3, -0.25) is 9.59 Å². The zero-order chi connectivity index (χ0) is 18.4. The number of nitrogens with one attached hydrogen (secondary N) is 2. The van der Waals surface area contributed by atoms with Crippen molar-refractivity contribution in [3.63, 3.8) is 0 Å². The number of hydrogen-bond donors (Lipinski definition) is 2. The molecule has 0 radical (unpaired) electrons. The lowest BCUT2D eigenvalue weighted by Gasteiger charge is -2.04. The van der Waals surface area contributed by atoms with Crippen molar-refractivity contribution in [2.24, 2.45) is 5.92 Å². The van der Waals surface area contributed by atoms with Gasteiger partial charge >= 0.3 is 0 Å². The minimum absolute atomic E-state index is 0.0370. The molecule has 2 aromatic carbocycles. The highest BCUT2D eigenvalue weighted by Gasteiger charge is 2.29. The third-order valence-corrected chi connectivity index (χ3v) is 5.77. The van der Waals surface area contributed by atoms with E-state index < -0.39 is 0 Å².